The second-order valence-corrected chi connectivity index (χ2v) is 6.57. The molecule has 1 atom stereocenters. The van der Waals surface area contributed by atoms with Crippen molar-refractivity contribution in [1.82, 2.24) is 10.6 Å². The first-order chi connectivity index (χ1) is 8.90. The monoisotopic (exact) mass is 270 g/mol. The highest BCUT2D eigenvalue weighted by atomic mass is 16.6. The maximum atomic E-state index is 11.6. The third-order valence-electron chi connectivity index (χ3n) is 3.19. The number of rotatable bonds is 8. The molecular formula is C15H30N2O2. The molecule has 0 aliphatic heterocycles. The molecular weight excluding hydrogens is 240 g/mol. The summed E-state index contributed by atoms with van der Waals surface area (Å²) >= 11 is 0. The number of nitrogens with one attached hydrogen (secondary N) is 2. The molecule has 1 fully saturated rings. The summed E-state index contributed by atoms with van der Waals surface area (Å²) < 4.78 is 5.25. The first-order valence-electron chi connectivity index (χ1n) is 7.61. The van der Waals surface area contributed by atoms with Gasteiger partial charge >= 0.3 is 6.09 Å². The molecule has 4 heteroatoms. The van der Waals surface area contributed by atoms with Crippen molar-refractivity contribution in [2.24, 2.45) is 5.92 Å². The van der Waals surface area contributed by atoms with E-state index < -0.39 is 5.60 Å². The summed E-state index contributed by atoms with van der Waals surface area (Å²) in [7, 11) is 0. The Morgan fingerprint density at radius 2 is 2.05 bits per heavy atom. The van der Waals surface area contributed by atoms with E-state index in [0.29, 0.717) is 12.6 Å². The number of alkyl carbamates (subject to hydrolysis) is 1. The minimum absolute atomic E-state index is 0.317. The van der Waals surface area contributed by atoms with Gasteiger partial charge in [-0.15, -0.1) is 0 Å². The zero-order valence-corrected chi connectivity index (χ0v) is 12.9. The molecule has 0 radical (unpaired) electrons. The molecule has 0 bridgehead atoms. The lowest BCUT2D eigenvalue weighted by molar-refractivity contribution is 0.0521. The Morgan fingerprint density at radius 3 is 2.58 bits per heavy atom. The number of unbranched alkanes of at least 4 members (excludes halogenated alkanes) is 1. The van der Waals surface area contributed by atoms with E-state index in [1.165, 1.54) is 25.7 Å². The van der Waals surface area contributed by atoms with E-state index in [-0.39, 0.29) is 6.09 Å². The summed E-state index contributed by atoms with van der Waals surface area (Å²) in [6.07, 6.45) is 5.88. The highest BCUT2D eigenvalue weighted by Crippen LogP contribution is 2.27. The van der Waals surface area contributed by atoms with Gasteiger partial charge in [0.25, 0.3) is 0 Å². The maximum Gasteiger partial charge on any atom is 0.407 e. The van der Waals surface area contributed by atoms with Gasteiger partial charge in [-0.1, -0.05) is 19.8 Å². The Labute approximate surface area is 117 Å². The molecule has 0 aromatic rings. The van der Waals surface area contributed by atoms with Gasteiger partial charge in [0.2, 0.25) is 0 Å². The van der Waals surface area contributed by atoms with Crippen LogP contribution in [-0.2, 0) is 4.74 Å². The average Bonchev–Trinajstić information content (AvgIpc) is 3.09. The smallest absolute Gasteiger partial charge is 0.407 e. The molecule has 0 saturated heterocycles. The van der Waals surface area contributed by atoms with E-state index in [2.05, 4.69) is 17.6 Å². The fourth-order valence-electron chi connectivity index (χ4n) is 1.90. The minimum Gasteiger partial charge on any atom is -0.444 e. The molecule has 112 valence electrons. The van der Waals surface area contributed by atoms with Crippen molar-refractivity contribution in [2.75, 3.05) is 13.1 Å². The second-order valence-electron chi connectivity index (χ2n) is 6.57. The van der Waals surface area contributed by atoms with Crippen LogP contribution in [0.25, 0.3) is 0 Å². The van der Waals surface area contributed by atoms with E-state index >= 15 is 0 Å². The fourth-order valence-corrected chi connectivity index (χ4v) is 1.90. The number of carbonyl (C=O) groups is 1. The normalized spacial score (nSPS) is 17.1. The number of carbonyl (C=O) groups excluding carboxylic acids is 1. The zero-order chi connectivity index (χ0) is 14.3. The highest BCUT2D eigenvalue weighted by Gasteiger charge is 2.22. The molecule has 1 saturated carbocycles. The standard InChI is InChI=1S/C15H30N2O2/c1-5-6-7-13(16-10-12-8-9-12)11-17-14(18)19-15(2,3)4/h12-13,16H,5-11H2,1-4H3,(H,17,18). The third-order valence-corrected chi connectivity index (χ3v) is 3.19. The number of ether oxygens (including phenoxy) is 1. The summed E-state index contributed by atoms with van der Waals surface area (Å²) in [4.78, 5) is 11.6. The van der Waals surface area contributed by atoms with Crippen molar-refractivity contribution < 1.29 is 9.53 Å². The van der Waals surface area contributed by atoms with Crippen LogP contribution in [0.4, 0.5) is 4.79 Å². The summed E-state index contributed by atoms with van der Waals surface area (Å²) in [5.74, 6) is 0.866. The van der Waals surface area contributed by atoms with Crippen LogP contribution in [0.1, 0.15) is 59.8 Å². The van der Waals surface area contributed by atoms with Gasteiger partial charge in [-0.3, -0.25) is 0 Å². The molecule has 1 aliphatic rings. The van der Waals surface area contributed by atoms with Crippen LogP contribution in [0, 0.1) is 5.92 Å². The fraction of sp³-hybridized carbons (Fsp3) is 0.933. The first-order valence-corrected chi connectivity index (χ1v) is 7.61. The lowest BCUT2D eigenvalue weighted by Gasteiger charge is -2.22. The second kappa shape index (κ2) is 7.73. The Balaban J connectivity index is 2.23. The SMILES string of the molecule is CCCCC(CNC(=O)OC(C)(C)C)NCC1CC1. The predicted octanol–water partition coefficient (Wildman–Crippen LogP) is 3.07. The maximum absolute atomic E-state index is 11.6. The van der Waals surface area contributed by atoms with Crippen molar-refractivity contribution in [1.29, 1.82) is 0 Å². The van der Waals surface area contributed by atoms with Gasteiger partial charge in [0, 0.05) is 12.6 Å². The van der Waals surface area contributed by atoms with Gasteiger partial charge in [0.05, 0.1) is 0 Å². The van der Waals surface area contributed by atoms with Crippen LogP contribution in [0.3, 0.4) is 0 Å². The van der Waals surface area contributed by atoms with Crippen molar-refractivity contribution >= 4 is 6.09 Å². The van der Waals surface area contributed by atoms with E-state index in [9.17, 15) is 4.79 Å². The van der Waals surface area contributed by atoms with Gasteiger partial charge in [-0.2, -0.15) is 0 Å². The van der Waals surface area contributed by atoms with Gasteiger partial charge in [-0.25, -0.2) is 4.79 Å². The summed E-state index contributed by atoms with van der Waals surface area (Å²) in [6.45, 7) is 9.58. The third kappa shape index (κ3) is 8.87. The summed E-state index contributed by atoms with van der Waals surface area (Å²) in [5.41, 5.74) is -0.426. The van der Waals surface area contributed by atoms with Crippen LogP contribution in [-0.4, -0.2) is 30.8 Å². The van der Waals surface area contributed by atoms with Gasteiger partial charge in [0.15, 0.2) is 0 Å². The molecule has 0 aromatic heterocycles. The van der Waals surface area contributed by atoms with Crippen molar-refractivity contribution in [3.63, 3.8) is 0 Å². The summed E-state index contributed by atoms with van der Waals surface area (Å²) in [5, 5.41) is 6.43. The van der Waals surface area contributed by atoms with E-state index in [1.807, 2.05) is 20.8 Å². The lowest BCUT2D eigenvalue weighted by atomic mass is 10.1. The van der Waals surface area contributed by atoms with Crippen LogP contribution in [0.5, 0.6) is 0 Å². The van der Waals surface area contributed by atoms with Crippen LogP contribution >= 0.6 is 0 Å². The first kappa shape index (κ1) is 16.3. The Kier molecular flexibility index (Phi) is 6.63. The molecule has 1 rings (SSSR count). The highest BCUT2D eigenvalue weighted by molar-refractivity contribution is 5.67. The average molecular weight is 270 g/mol. The molecule has 1 amide bonds. The molecule has 19 heavy (non-hydrogen) atoms. The minimum atomic E-state index is -0.426. The Morgan fingerprint density at radius 1 is 1.37 bits per heavy atom. The number of hydrogen-bond donors (Lipinski definition) is 2. The molecule has 0 heterocycles. The molecule has 2 N–H and O–H groups in total. The van der Waals surface area contributed by atoms with Crippen LogP contribution < -0.4 is 10.6 Å². The Bertz CT molecular complexity index is 270. The largest absolute Gasteiger partial charge is 0.444 e. The van der Waals surface area contributed by atoms with Crippen LogP contribution in [0.2, 0.25) is 0 Å². The lowest BCUT2D eigenvalue weighted by Crippen LogP contribution is -2.43. The van der Waals surface area contributed by atoms with Gasteiger partial charge in [-0.05, 0) is 52.5 Å². The molecule has 0 spiro atoms. The molecule has 1 aliphatic carbocycles. The number of hydrogen-bond acceptors (Lipinski definition) is 3. The molecule has 0 aromatic carbocycles. The van der Waals surface area contributed by atoms with E-state index in [0.717, 1.165) is 18.9 Å². The summed E-state index contributed by atoms with van der Waals surface area (Å²) in [6, 6.07) is 0.369. The predicted molar refractivity (Wildman–Crippen MR) is 78.3 cm³/mol. The quantitative estimate of drug-likeness (QED) is 0.712. The van der Waals surface area contributed by atoms with Crippen LogP contribution in [0.15, 0.2) is 0 Å². The van der Waals surface area contributed by atoms with Crippen molar-refractivity contribution in [3.8, 4) is 0 Å². The van der Waals surface area contributed by atoms with Gasteiger partial charge in [0.1, 0.15) is 5.60 Å². The molecule has 1 unspecified atom stereocenters. The van der Waals surface area contributed by atoms with E-state index in [4.69, 9.17) is 4.74 Å². The zero-order valence-electron chi connectivity index (χ0n) is 12.9. The van der Waals surface area contributed by atoms with Crippen molar-refractivity contribution in [3.05, 3.63) is 0 Å². The number of amides is 1. The topological polar surface area (TPSA) is 50.4 Å². The van der Waals surface area contributed by atoms with E-state index in [1.54, 1.807) is 0 Å². The molecule has 4 nitrogen and oxygen atoms in total. The van der Waals surface area contributed by atoms with Crippen molar-refractivity contribution in [2.45, 2.75) is 71.4 Å². The van der Waals surface area contributed by atoms with Gasteiger partial charge < -0.3 is 15.4 Å². The Hall–Kier alpha value is -0.770.